The Bertz CT molecular complexity index is 849. The Labute approximate surface area is 152 Å². The van der Waals surface area contributed by atoms with E-state index in [2.05, 4.69) is 15.6 Å². The van der Waals surface area contributed by atoms with Gasteiger partial charge in [-0.15, -0.1) is 0 Å². The molecule has 0 unspecified atom stereocenters. The van der Waals surface area contributed by atoms with Crippen molar-refractivity contribution in [3.05, 3.63) is 53.1 Å². The molecule has 1 heterocycles. The first-order valence-electron chi connectivity index (χ1n) is 8.29. The van der Waals surface area contributed by atoms with Crippen LogP contribution in [0.2, 0.25) is 0 Å². The van der Waals surface area contributed by atoms with Gasteiger partial charge in [-0.05, 0) is 35.7 Å². The second-order valence-electron chi connectivity index (χ2n) is 5.89. The Morgan fingerprint density at radius 3 is 2.77 bits per heavy atom. The fraction of sp³-hybridized carbons (Fsp3) is 0.263. The number of guanidine groups is 1. The van der Waals surface area contributed by atoms with Gasteiger partial charge in [0.2, 0.25) is 0 Å². The SMILES string of the molecule is COc1ccc(NC(N)=NCc2ccc3c(c2)C(=O)NCC3)cc1OC. The number of nitrogens with one attached hydrogen (secondary N) is 2. The van der Waals surface area contributed by atoms with E-state index < -0.39 is 0 Å². The molecule has 26 heavy (non-hydrogen) atoms. The van der Waals surface area contributed by atoms with Crippen molar-refractivity contribution in [3.63, 3.8) is 0 Å². The molecule has 136 valence electrons. The van der Waals surface area contributed by atoms with Crippen LogP contribution in [-0.4, -0.2) is 32.6 Å². The van der Waals surface area contributed by atoms with Crippen molar-refractivity contribution in [1.29, 1.82) is 0 Å². The largest absolute Gasteiger partial charge is 0.493 e. The first-order chi connectivity index (χ1) is 12.6. The maximum absolute atomic E-state index is 11.9. The van der Waals surface area contributed by atoms with Gasteiger partial charge in [0.1, 0.15) is 0 Å². The summed E-state index contributed by atoms with van der Waals surface area (Å²) in [5, 5.41) is 5.87. The summed E-state index contributed by atoms with van der Waals surface area (Å²) in [5.74, 6) is 1.49. The quantitative estimate of drug-likeness (QED) is 0.563. The number of nitrogens with zero attached hydrogens (tertiary/aromatic N) is 1. The molecule has 0 saturated heterocycles. The number of carbonyl (C=O) groups excluding carboxylic acids is 1. The molecule has 4 N–H and O–H groups in total. The maximum atomic E-state index is 11.9. The van der Waals surface area contributed by atoms with Gasteiger partial charge in [0.15, 0.2) is 17.5 Å². The van der Waals surface area contributed by atoms with Crippen LogP contribution >= 0.6 is 0 Å². The molecule has 2 aromatic carbocycles. The van der Waals surface area contributed by atoms with E-state index >= 15 is 0 Å². The lowest BCUT2D eigenvalue weighted by Crippen LogP contribution is -2.31. The van der Waals surface area contributed by atoms with Gasteiger partial charge in [-0.2, -0.15) is 0 Å². The predicted molar refractivity (Wildman–Crippen MR) is 101 cm³/mol. The standard InChI is InChI=1S/C19H22N4O3/c1-25-16-6-5-14(10-17(16)26-2)23-19(20)22-11-12-3-4-13-7-8-21-18(24)15(13)9-12/h3-6,9-10H,7-8,11H2,1-2H3,(H,21,24)(H3,20,22,23). The lowest BCUT2D eigenvalue weighted by molar-refractivity contribution is 0.0946. The lowest BCUT2D eigenvalue weighted by Gasteiger charge is -2.16. The molecule has 0 fully saturated rings. The van der Waals surface area contributed by atoms with E-state index in [1.807, 2.05) is 24.3 Å². The highest BCUT2D eigenvalue weighted by Gasteiger charge is 2.16. The fourth-order valence-electron chi connectivity index (χ4n) is 2.84. The number of anilines is 1. The number of hydrogen-bond donors (Lipinski definition) is 3. The first kappa shape index (κ1) is 17.6. The van der Waals surface area contributed by atoms with E-state index in [0.29, 0.717) is 24.6 Å². The Kier molecular flexibility index (Phi) is 5.26. The molecular formula is C19H22N4O3. The van der Waals surface area contributed by atoms with Crippen molar-refractivity contribution in [2.75, 3.05) is 26.1 Å². The molecule has 3 rings (SSSR count). The molecule has 7 nitrogen and oxygen atoms in total. The molecular weight excluding hydrogens is 332 g/mol. The lowest BCUT2D eigenvalue weighted by atomic mass is 9.98. The number of amides is 1. The number of benzene rings is 2. The number of hydrogen-bond acceptors (Lipinski definition) is 4. The van der Waals surface area contributed by atoms with Crippen molar-refractivity contribution in [2.45, 2.75) is 13.0 Å². The molecule has 7 heteroatoms. The van der Waals surface area contributed by atoms with Crippen LogP contribution in [0.4, 0.5) is 5.69 Å². The molecule has 0 saturated carbocycles. The highest BCUT2D eigenvalue weighted by molar-refractivity contribution is 5.97. The van der Waals surface area contributed by atoms with E-state index in [4.69, 9.17) is 15.2 Å². The molecule has 0 aromatic heterocycles. The molecule has 2 aromatic rings. The Balaban J connectivity index is 1.69. The van der Waals surface area contributed by atoms with Crippen molar-refractivity contribution >= 4 is 17.6 Å². The zero-order valence-corrected chi connectivity index (χ0v) is 14.8. The third kappa shape index (κ3) is 3.88. The molecule has 1 amide bonds. The summed E-state index contributed by atoms with van der Waals surface area (Å²) >= 11 is 0. The zero-order valence-electron chi connectivity index (χ0n) is 14.8. The van der Waals surface area contributed by atoms with Gasteiger partial charge in [-0.3, -0.25) is 4.79 Å². The minimum absolute atomic E-state index is 0.0338. The molecule has 0 spiro atoms. The number of aliphatic imine (C=N–C) groups is 1. The third-order valence-corrected chi connectivity index (χ3v) is 4.19. The summed E-state index contributed by atoms with van der Waals surface area (Å²) < 4.78 is 10.5. The van der Waals surface area contributed by atoms with E-state index in [1.54, 1.807) is 26.4 Å². The van der Waals surface area contributed by atoms with Gasteiger partial charge in [0, 0.05) is 23.9 Å². The fourth-order valence-corrected chi connectivity index (χ4v) is 2.84. The molecule has 0 bridgehead atoms. The van der Waals surface area contributed by atoms with Gasteiger partial charge < -0.3 is 25.8 Å². The second kappa shape index (κ2) is 7.77. The van der Waals surface area contributed by atoms with Crippen molar-refractivity contribution in [3.8, 4) is 11.5 Å². The van der Waals surface area contributed by atoms with Gasteiger partial charge >= 0.3 is 0 Å². The number of rotatable bonds is 5. The summed E-state index contributed by atoms with van der Waals surface area (Å²) in [6.07, 6.45) is 0.855. The minimum atomic E-state index is -0.0338. The third-order valence-electron chi connectivity index (χ3n) is 4.19. The van der Waals surface area contributed by atoms with Crippen molar-refractivity contribution in [1.82, 2.24) is 5.32 Å². The Hall–Kier alpha value is -3.22. The first-order valence-corrected chi connectivity index (χ1v) is 8.29. The summed E-state index contributed by atoms with van der Waals surface area (Å²) in [6.45, 7) is 1.07. The minimum Gasteiger partial charge on any atom is -0.493 e. The van der Waals surface area contributed by atoms with Crippen LogP contribution in [0.1, 0.15) is 21.5 Å². The average molecular weight is 354 g/mol. The molecule has 0 radical (unpaired) electrons. The van der Waals surface area contributed by atoms with E-state index in [-0.39, 0.29) is 11.9 Å². The normalized spacial score (nSPS) is 13.6. The van der Waals surface area contributed by atoms with Gasteiger partial charge in [-0.25, -0.2) is 4.99 Å². The summed E-state index contributed by atoms with van der Waals surface area (Å²) in [4.78, 5) is 16.3. The number of methoxy groups -OCH3 is 2. The topological polar surface area (TPSA) is 98.0 Å². The van der Waals surface area contributed by atoms with Crippen LogP contribution in [0.5, 0.6) is 11.5 Å². The predicted octanol–water partition coefficient (Wildman–Crippen LogP) is 1.92. The highest BCUT2D eigenvalue weighted by Crippen LogP contribution is 2.29. The number of carbonyl (C=O) groups is 1. The van der Waals surface area contributed by atoms with E-state index in [0.717, 1.165) is 28.8 Å². The zero-order chi connectivity index (χ0) is 18.5. The average Bonchev–Trinajstić information content (AvgIpc) is 2.66. The summed E-state index contributed by atoms with van der Waals surface area (Å²) in [5.41, 5.74) is 9.43. The van der Waals surface area contributed by atoms with Crippen molar-refractivity contribution < 1.29 is 14.3 Å². The van der Waals surface area contributed by atoms with E-state index in [9.17, 15) is 4.79 Å². The number of ether oxygens (including phenoxy) is 2. The highest BCUT2D eigenvalue weighted by atomic mass is 16.5. The smallest absolute Gasteiger partial charge is 0.251 e. The number of nitrogens with two attached hydrogens (primary N) is 1. The van der Waals surface area contributed by atoms with Crippen molar-refractivity contribution in [2.24, 2.45) is 10.7 Å². The summed E-state index contributed by atoms with van der Waals surface area (Å²) in [7, 11) is 3.16. The van der Waals surface area contributed by atoms with E-state index in [1.165, 1.54) is 0 Å². The molecule has 0 aliphatic carbocycles. The van der Waals surface area contributed by atoms with Crippen LogP contribution in [0, 0.1) is 0 Å². The maximum Gasteiger partial charge on any atom is 0.251 e. The molecule has 0 atom stereocenters. The number of fused-ring (bicyclic) bond motifs is 1. The Morgan fingerprint density at radius 2 is 2.00 bits per heavy atom. The van der Waals surface area contributed by atoms with Crippen LogP contribution < -0.4 is 25.8 Å². The van der Waals surface area contributed by atoms with Crippen LogP contribution in [-0.2, 0) is 13.0 Å². The Morgan fingerprint density at radius 1 is 1.19 bits per heavy atom. The summed E-state index contributed by atoms with van der Waals surface area (Å²) in [6, 6.07) is 11.2. The molecule has 1 aliphatic heterocycles. The van der Waals surface area contributed by atoms with Gasteiger partial charge in [0.05, 0.1) is 20.8 Å². The molecule has 1 aliphatic rings. The second-order valence-corrected chi connectivity index (χ2v) is 5.89. The van der Waals surface area contributed by atoms with Gasteiger partial charge in [0.25, 0.3) is 5.91 Å². The van der Waals surface area contributed by atoms with Crippen LogP contribution in [0.3, 0.4) is 0 Å². The van der Waals surface area contributed by atoms with Gasteiger partial charge in [-0.1, -0.05) is 12.1 Å². The monoisotopic (exact) mass is 354 g/mol. The van der Waals surface area contributed by atoms with Crippen LogP contribution in [0.15, 0.2) is 41.4 Å². The van der Waals surface area contributed by atoms with Crippen LogP contribution in [0.25, 0.3) is 0 Å².